The Balaban J connectivity index is 1.75. The quantitative estimate of drug-likeness (QED) is 0.894. The first-order valence-electron chi connectivity index (χ1n) is 7.59. The predicted octanol–water partition coefficient (Wildman–Crippen LogP) is 1.86. The van der Waals surface area contributed by atoms with Gasteiger partial charge in [0.05, 0.1) is 0 Å². The summed E-state index contributed by atoms with van der Waals surface area (Å²) in [7, 11) is 0. The van der Waals surface area contributed by atoms with E-state index in [1.807, 2.05) is 0 Å². The molecule has 1 aromatic rings. The minimum Gasteiger partial charge on any atom is -0.369 e. The molecule has 0 bridgehead atoms. The first-order chi connectivity index (χ1) is 9.28. The van der Waals surface area contributed by atoms with Crippen LogP contribution >= 0.6 is 0 Å². The van der Waals surface area contributed by atoms with Crippen molar-refractivity contribution >= 4 is 5.69 Å². The molecular formula is C16H25N3. The molecule has 0 radical (unpaired) electrons. The number of nitrogens with one attached hydrogen (secondary N) is 1. The molecule has 1 fully saturated rings. The summed E-state index contributed by atoms with van der Waals surface area (Å²) in [4.78, 5) is 5.09. The van der Waals surface area contributed by atoms with Crippen LogP contribution in [0.5, 0.6) is 0 Å². The van der Waals surface area contributed by atoms with Gasteiger partial charge in [0.1, 0.15) is 0 Å². The number of hydrogen-bond acceptors (Lipinski definition) is 3. The van der Waals surface area contributed by atoms with Gasteiger partial charge in [-0.25, -0.2) is 0 Å². The Morgan fingerprint density at radius 1 is 1.26 bits per heavy atom. The van der Waals surface area contributed by atoms with Crippen LogP contribution < -0.4 is 10.2 Å². The van der Waals surface area contributed by atoms with Crippen molar-refractivity contribution in [2.45, 2.75) is 32.9 Å². The summed E-state index contributed by atoms with van der Waals surface area (Å²) in [6.45, 7) is 11.4. The molecule has 104 valence electrons. The molecule has 0 saturated carbocycles. The third-order valence-electron chi connectivity index (χ3n) is 4.46. The summed E-state index contributed by atoms with van der Waals surface area (Å²) >= 11 is 0. The highest BCUT2D eigenvalue weighted by atomic mass is 15.2. The van der Waals surface area contributed by atoms with Gasteiger partial charge in [-0.05, 0) is 37.5 Å². The Morgan fingerprint density at radius 2 is 2.05 bits per heavy atom. The molecule has 3 nitrogen and oxygen atoms in total. The molecular weight excluding hydrogens is 234 g/mol. The van der Waals surface area contributed by atoms with Crippen molar-refractivity contribution in [2.24, 2.45) is 0 Å². The Bertz CT molecular complexity index is 438. The summed E-state index contributed by atoms with van der Waals surface area (Å²) in [6, 6.07) is 7.75. The molecule has 1 saturated heterocycles. The van der Waals surface area contributed by atoms with E-state index in [1.165, 1.54) is 36.3 Å². The standard InChI is InChI=1S/C16H25N3/c1-3-19-13(2)10-15-5-4-14(11-16(15)19)12-18-8-6-17-7-9-18/h4-5,11,13,17H,3,6-10,12H2,1-2H3. The molecule has 0 spiro atoms. The number of fused-ring (bicyclic) bond motifs is 1. The van der Waals surface area contributed by atoms with Gasteiger partial charge in [0.15, 0.2) is 0 Å². The van der Waals surface area contributed by atoms with Gasteiger partial charge in [-0.2, -0.15) is 0 Å². The van der Waals surface area contributed by atoms with Gasteiger partial charge in [-0.3, -0.25) is 4.90 Å². The summed E-state index contributed by atoms with van der Waals surface area (Å²) in [5.74, 6) is 0. The summed E-state index contributed by atoms with van der Waals surface area (Å²) in [5.41, 5.74) is 4.47. The van der Waals surface area contributed by atoms with Crippen molar-refractivity contribution in [3.63, 3.8) is 0 Å². The average molecular weight is 259 g/mol. The van der Waals surface area contributed by atoms with Crippen molar-refractivity contribution in [1.29, 1.82) is 0 Å². The lowest BCUT2D eigenvalue weighted by Gasteiger charge is -2.28. The normalized spacial score (nSPS) is 23.7. The zero-order valence-corrected chi connectivity index (χ0v) is 12.2. The molecule has 0 aromatic heterocycles. The van der Waals surface area contributed by atoms with Crippen LogP contribution in [0.2, 0.25) is 0 Å². The van der Waals surface area contributed by atoms with E-state index in [0.29, 0.717) is 6.04 Å². The van der Waals surface area contributed by atoms with E-state index in [-0.39, 0.29) is 0 Å². The molecule has 3 heteroatoms. The zero-order chi connectivity index (χ0) is 13.2. The lowest BCUT2D eigenvalue weighted by Crippen LogP contribution is -2.42. The van der Waals surface area contributed by atoms with Crippen LogP contribution in [-0.4, -0.2) is 43.7 Å². The molecule has 2 heterocycles. The fraction of sp³-hybridized carbons (Fsp3) is 0.625. The van der Waals surface area contributed by atoms with E-state index in [2.05, 4.69) is 47.2 Å². The summed E-state index contributed by atoms with van der Waals surface area (Å²) in [6.07, 6.45) is 1.21. The highest BCUT2D eigenvalue weighted by molar-refractivity contribution is 5.60. The highest BCUT2D eigenvalue weighted by Gasteiger charge is 2.24. The lowest BCUT2D eigenvalue weighted by molar-refractivity contribution is 0.233. The monoisotopic (exact) mass is 259 g/mol. The highest BCUT2D eigenvalue weighted by Crippen LogP contribution is 2.32. The minimum atomic E-state index is 0.662. The van der Waals surface area contributed by atoms with Crippen molar-refractivity contribution in [3.8, 4) is 0 Å². The Labute approximate surface area is 116 Å². The van der Waals surface area contributed by atoms with E-state index >= 15 is 0 Å². The largest absolute Gasteiger partial charge is 0.369 e. The molecule has 2 aliphatic rings. The summed E-state index contributed by atoms with van der Waals surface area (Å²) < 4.78 is 0. The number of nitrogens with zero attached hydrogens (tertiary/aromatic N) is 2. The number of benzene rings is 1. The number of piperazine rings is 1. The van der Waals surface area contributed by atoms with Gasteiger partial charge in [-0.15, -0.1) is 0 Å². The van der Waals surface area contributed by atoms with Crippen molar-refractivity contribution < 1.29 is 0 Å². The van der Waals surface area contributed by atoms with Crippen LogP contribution in [0.15, 0.2) is 18.2 Å². The smallest absolute Gasteiger partial charge is 0.0405 e. The van der Waals surface area contributed by atoms with Crippen LogP contribution in [0.3, 0.4) is 0 Å². The molecule has 2 aliphatic heterocycles. The topological polar surface area (TPSA) is 18.5 Å². The maximum Gasteiger partial charge on any atom is 0.0405 e. The second-order valence-corrected chi connectivity index (χ2v) is 5.83. The van der Waals surface area contributed by atoms with Crippen LogP contribution in [0.1, 0.15) is 25.0 Å². The predicted molar refractivity (Wildman–Crippen MR) is 80.8 cm³/mol. The van der Waals surface area contributed by atoms with E-state index < -0.39 is 0 Å². The van der Waals surface area contributed by atoms with E-state index in [9.17, 15) is 0 Å². The maximum atomic E-state index is 3.41. The molecule has 0 amide bonds. The zero-order valence-electron chi connectivity index (χ0n) is 12.2. The third-order valence-corrected chi connectivity index (χ3v) is 4.46. The van der Waals surface area contributed by atoms with E-state index in [4.69, 9.17) is 0 Å². The number of anilines is 1. The molecule has 19 heavy (non-hydrogen) atoms. The van der Waals surface area contributed by atoms with Crippen LogP contribution in [-0.2, 0) is 13.0 Å². The molecule has 1 unspecified atom stereocenters. The van der Waals surface area contributed by atoms with Gasteiger partial charge in [0.2, 0.25) is 0 Å². The SMILES string of the molecule is CCN1c2cc(CN3CCNCC3)ccc2CC1C. The van der Waals surface area contributed by atoms with Crippen molar-refractivity contribution in [2.75, 3.05) is 37.6 Å². The number of likely N-dealkylation sites (N-methyl/N-ethyl adjacent to an activating group) is 1. The molecule has 1 aromatic carbocycles. The van der Waals surface area contributed by atoms with Crippen molar-refractivity contribution in [3.05, 3.63) is 29.3 Å². The third kappa shape index (κ3) is 2.63. The molecule has 3 rings (SSSR count). The van der Waals surface area contributed by atoms with E-state index in [1.54, 1.807) is 0 Å². The fourth-order valence-electron chi connectivity index (χ4n) is 3.42. The van der Waals surface area contributed by atoms with Gasteiger partial charge >= 0.3 is 0 Å². The second kappa shape index (κ2) is 5.51. The minimum absolute atomic E-state index is 0.662. The number of hydrogen-bond donors (Lipinski definition) is 1. The molecule has 1 N–H and O–H groups in total. The average Bonchev–Trinajstić information content (AvgIpc) is 2.74. The Hall–Kier alpha value is -1.06. The van der Waals surface area contributed by atoms with Gasteiger partial charge < -0.3 is 10.2 Å². The Kier molecular flexibility index (Phi) is 3.76. The van der Waals surface area contributed by atoms with E-state index in [0.717, 1.165) is 26.2 Å². The van der Waals surface area contributed by atoms with Crippen LogP contribution in [0.25, 0.3) is 0 Å². The lowest BCUT2D eigenvalue weighted by atomic mass is 10.1. The van der Waals surface area contributed by atoms with Crippen molar-refractivity contribution in [1.82, 2.24) is 10.2 Å². The van der Waals surface area contributed by atoms with Gasteiger partial charge in [0, 0.05) is 51.0 Å². The molecule has 0 aliphatic carbocycles. The first kappa shape index (κ1) is 12.9. The fourth-order valence-corrected chi connectivity index (χ4v) is 3.42. The number of rotatable bonds is 3. The summed E-state index contributed by atoms with van der Waals surface area (Å²) in [5, 5.41) is 3.41. The molecule has 1 atom stereocenters. The van der Waals surface area contributed by atoms with Gasteiger partial charge in [0.25, 0.3) is 0 Å². The second-order valence-electron chi connectivity index (χ2n) is 5.83. The van der Waals surface area contributed by atoms with Crippen LogP contribution in [0.4, 0.5) is 5.69 Å². The van der Waals surface area contributed by atoms with Crippen LogP contribution in [0, 0.1) is 0 Å². The van der Waals surface area contributed by atoms with Gasteiger partial charge in [-0.1, -0.05) is 12.1 Å². The maximum absolute atomic E-state index is 3.41. The first-order valence-corrected chi connectivity index (χ1v) is 7.59. The Morgan fingerprint density at radius 3 is 2.79 bits per heavy atom.